The highest BCUT2D eigenvalue weighted by atomic mass is 35.5. The van der Waals surface area contributed by atoms with E-state index in [1.807, 2.05) is 19.1 Å². The Kier molecular flexibility index (Phi) is 5.36. The molecule has 0 saturated carbocycles. The topological polar surface area (TPSA) is 55.6 Å². The van der Waals surface area contributed by atoms with Crippen LogP contribution in [0.3, 0.4) is 0 Å². The van der Waals surface area contributed by atoms with Crippen molar-refractivity contribution in [3.05, 3.63) is 52.7 Å². The maximum absolute atomic E-state index is 12.5. The molecule has 2 heterocycles. The molecule has 2 rings (SSSR count). The Labute approximate surface area is 128 Å². The lowest BCUT2D eigenvalue weighted by Crippen LogP contribution is -2.33. The summed E-state index contributed by atoms with van der Waals surface area (Å²) < 4.78 is 10.6. The van der Waals surface area contributed by atoms with E-state index in [2.05, 4.69) is 4.98 Å². The number of methoxy groups -OCH3 is 1. The highest BCUT2D eigenvalue weighted by molar-refractivity contribution is 6.30. The molecule has 0 radical (unpaired) electrons. The summed E-state index contributed by atoms with van der Waals surface area (Å²) in [4.78, 5) is 18.2. The minimum absolute atomic E-state index is 0.183. The van der Waals surface area contributed by atoms with Crippen molar-refractivity contribution in [2.75, 3.05) is 20.3 Å². The Morgan fingerprint density at radius 1 is 1.38 bits per heavy atom. The summed E-state index contributed by atoms with van der Waals surface area (Å²) in [6.07, 6.45) is 1.46. The lowest BCUT2D eigenvalue weighted by molar-refractivity contribution is 0.0660. The predicted molar refractivity (Wildman–Crippen MR) is 79.3 cm³/mol. The van der Waals surface area contributed by atoms with Crippen molar-refractivity contribution in [1.82, 2.24) is 9.88 Å². The Morgan fingerprint density at radius 2 is 2.19 bits per heavy atom. The first kappa shape index (κ1) is 15.5. The first-order chi connectivity index (χ1) is 10.1. The number of carbonyl (C=O) groups excluding carboxylic acids is 1. The van der Waals surface area contributed by atoms with Crippen LogP contribution in [-0.4, -0.2) is 36.1 Å². The molecule has 0 saturated heterocycles. The fourth-order valence-corrected chi connectivity index (χ4v) is 1.99. The molecule has 0 fully saturated rings. The van der Waals surface area contributed by atoms with Crippen LogP contribution in [0.15, 0.2) is 34.9 Å². The van der Waals surface area contributed by atoms with E-state index in [1.165, 1.54) is 6.20 Å². The van der Waals surface area contributed by atoms with Crippen molar-refractivity contribution in [3.8, 4) is 0 Å². The lowest BCUT2D eigenvalue weighted by atomic mass is 10.3. The molecule has 0 aliphatic carbocycles. The van der Waals surface area contributed by atoms with Crippen LogP contribution in [0.25, 0.3) is 0 Å². The SMILES string of the molecule is COCCN(Cc1ccc(C)o1)C(=O)c1ccc(Cl)cn1. The number of aryl methyl sites for hydroxylation is 1. The van der Waals surface area contributed by atoms with Gasteiger partial charge in [-0.15, -0.1) is 0 Å². The molecule has 0 N–H and O–H groups in total. The number of amides is 1. The molecule has 2 aromatic rings. The van der Waals surface area contributed by atoms with Crippen LogP contribution in [0.4, 0.5) is 0 Å². The van der Waals surface area contributed by atoms with Crippen LogP contribution in [0.2, 0.25) is 5.02 Å². The number of carbonyl (C=O) groups is 1. The van der Waals surface area contributed by atoms with Gasteiger partial charge in [0.15, 0.2) is 0 Å². The Hall–Kier alpha value is -1.85. The maximum Gasteiger partial charge on any atom is 0.272 e. The van der Waals surface area contributed by atoms with Crippen LogP contribution < -0.4 is 0 Å². The highest BCUT2D eigenvalue weighted by Crippen LogP contribution is 2.13. The molecule has 0 spiro atoms. The van der Waals surface area contributed by atoms with Gasteiger partial charge in [-0.2, -0.15) is 0 Å². The van der Waals surface area contributed by atoms with Gasteiger partial charge in [-0.3, -0.25) is 4.79 Å². The molecule has 6 heteroatoms. The monoisotopic (exact) mass is 308 g/mol. The quantitative estimate of drug-likeness (QED) is 0.823. The van der Waals surface area contributed by atoms with Gasteiger partial charge in [-0.1, -0.05) is 11.6 Å². The normalized spacial score (nSPS) is 10.6. The zero-order valence-corrected chi connectivity index (χ0v) is 12.8. The van der Waals surface area contributed by atoms with E-state index >= 15 is 0 Å². The summed E-state index contributed by atoms with van der Waals surface area (Å²) in [5.41, 5.74) is 0.346. The molecule has 0 unspecified atom stereocenters. The zero-order chi connectivity index (χ0) is 15.2. The summed E-state index contributed by atoms with van der Waals surface area (Å²) in [6, 6.07) is 6.98. The average Bonchev–Trinajstić information content (AvgIpc) is 2.89. The van der Waals surface area contributed by atoms with Crippen LogP contribution in [-0.2, 0) is 11.3 Å². The van der Waals surface area contributed by atoms with Crippen LogP contribution in [0, 0.1) is 6.92 Å². The van der Waals surface area contributed by atoms with Gasteiger partial charge in [0.25, 0.3) is 5.91 Å². The number of nitrogens with zero attached hydrogens (tertiary/aromatic N) is 2. The molecule has 2 aromatic heterocycles. The van der Waals surface area contributed by atoms with E-state index in [1.54, 1.807) is 24.1 Å². The summed E-state index contributed by atoms with van der Waals surface area (Å²) in [7, 11) is 1.60. The third-order valence-corrected chi connectivity index (χ3v) is 3.17. The number of ether oxygens (including phenoxy) is 1. The second-order valence-electron chi connectivity index (χ2n) is 4.59. The minimum atomic E-state index is -0.183. The Morgan fingerprint density at radius 3 is 2.76 bits per heavy atom. The molecule has 112 valence electrons. The van der Waals surface area contributed by atoms with E-state index in [0.29, 0.717) is 30.4 Å². The third kappa shape index (κ3) is 4.31. The lowest BCUT2D eigenvalue weighted by Gasteiger charge is -2.20. The smallest absolute Gasteiger partial charge is 0.272 e. The second-order valence-corrected chi connectivity index (χ2v) is 5.03. The summed E-state index contributed by atoms with van der Waals surface area (Å²) in [5, 5.41) is 0.497. The first-order valence-electron chi connectivity index (χ1n) is 6.55. The Balaban J connectivity index is 2.14. The van der Waals surface area contributed by atoms with Crippen LogP contribution in [0.1, 0.15) is 22.0 Å². The third-order valence-electron chi connectivity index (χ3n) is 2.94. The van der Waals surface area contributed by atoms with Gasteiger partial charge >= 0.3 is 0 Å². The van der Waals surface area contributed by atoms with E-state index in [4.69, 9.17) is 20.8 Å². The molecule has 0 aliphatic heterocycles. The van der Waals surface area contributed by atoms with Gasteiger partial charge in [0, 0.05) is 19.9 Å². The van der Waals surface area contributed by atoms with Crippen molar-refractivity contribution in [1.29, 1.82) is 0 Å². The van der Waals surface area contributed by atoms with Crippen molar-refractivity contribution >= 4 is 17.5 Å². The molecule has 0 atom stereocenters. The predicted octanol–water partition coefficient (Wildman–Crippen LogP) is 2.93. The molecular weight excluding hydrogens is 292 g/mol. The molecule has 1 amide bonds. The largest absolute Gasteiger partial charge is 0.464 e. The summed E-state index contributed by atoms with van der Waals surface area (Å²) >= 11 is 5.79. The molecule has 5 nitrogen and oxygen atoms in total. The van der Waals surface area contributed by atoms with Gasteiger partial charge in [0.1, 0.15) is 17.2 Å². The highest BCUT2D eigenvalue weighted by Gasteiger charge is 2.18. The van der Waals surface area contributed by atoms with Gasteiger partial charge < -0.3 is 14.1 Å². The van der Waals surface area contributed by atoms with Gasteiger partial charge in [0.2, 0.25) is 0 Å². The number of furan rings is 1. The molecule has 0 aliphatic rings. The number of hydrogen-bond acceptors (Lipinski definition) is 4. The first-order valence-corrected chi connectivity index (χ1v) is 6.93. The minimum Gasteiger partial charge on any atom is -0.464 e. The van der Waals surface area contributed by atoms with E-state index < -0.39 is 0 Å². The zero-order valence-electron chi connectivity index (χ0n) is 12.0. The van der Waals surface area contributed by atoms with Gasteiger partial charge in [0.05, 0.1) is 18.2 Å². The Bertz CT molecular complexity index is 595. The fourth-order valence-electron chi connectivity index (χ4n) is 1.88. The summed E-state index contributed by atoms with van der Waals surface area (Å²) in [6.45, 7) is 3.14. The number of hydrogen-bond donors (Lipinski definition) is 0. The standard InChI is InChI=1S/C15H17ClN2O3/c1-11-3-5-13(21-11)10-18(7-8-20-2)15(19)14-6-4-12(16)9-17-14/h3-6,9H,7-8,10H2,1-2H3. The maximum atomic E-state index is 12.5. The number of halogens is 1. The van der Waals surface area contributed by atoms with Crippen molar-refractivity contribution in [2.45, 2.75) is 13.5 Å². The van der Waals surface area contributed by atoms with Gasteiger partial charge in [-0.05, 0) is 31.2 Å². The number of pyridine rings is 1. The number of rotatable bonds is 6. The molecule has 21 heavy (non-hydrogen) atoms. The van der Waals surface area contributed by atoms with Crippen LogP contribution in [0.5, 0.6) is 0 Å². The van der Waals surface area contributed by atoms with Crippen molar-refractivity contribution < 1.29 is 13.9 Å². The second kappa shape index (κ2) is 7.24. The molecule has 0 bridgehead atoms. The van der Waals surface area contributed by atoms with Crippen LogP contribution >= 0.6 is 11.6 Å². The van der Waals surface area contributed by atoms with Crippen molar-refractivity contribution in [2.24, 2.45) is 0 Å². The van der Waals surface area contributed by atoms with E-state index in [9.17, 15) is 4.79 Å². The van der Waals surface area contributed by atoms with Crippen molar-refractivity contribution in [3.63, 3.8) is 0 Å². The van der Waals surface area contributed by atoms with E-state index in [0.717, 1.165) is 11.5 Å². The van der Waals surface area contributed by atoms with E-state index in [-0.39, 0.29) is 5.91 Å². The molecule has 0 aromatic carbocycles. The fraction of sp³-hybridized carbons (Fsp3) is 0.333. The van der Waals surface area contributed by atoms with Gasteiger partial charge in [-0.25, -0.2) is 4.98 Å². The summed E-state index contributed by atoms with van der Waals surface area (Å²) in [5.74, 6) is 1.36. The number of aromatic nitrogens is 1. The molecular formula is C15H17ClN2O3. The average molecular weight is 309 g/mol.